The fourth-order valence-electron chi connectivity index (χ4n) is 6.62. The zero-order valence-corrected chi connectivity index (χ0v) is 24.0. The number of benzene rings is 7. The van der Waals surface area contributed by atoms with Crippen LogP contribution in [0.3, 0.4) is 0 Å². The second-order valence-electron chi connectivity index (χ2n) is 10.9. The van der Waals surface area contributed by atoms with Crippen molar-refractivity contribution in [3.05, 3.63) is 152 Å². The molecule has 0 radical (unpaired) electrons. The van der Waals surface area contributed by atoms with Crippen LogP contribution in [0.2, 0.25) is 0 Å². The van der Waals surface area contributed by atoms with Crippen LogP contribution in [0.15, 0.2) is 156 Å². The summed E-state index contributed by atoms with van der Waals surface area (Å²) in [6.45, 7) is 0. The van der Waals surface area contributed by atoms with E-state index in [-0.39, 0.29) is 0 Å². The van der Waals surface area contributed by atoms with Crippen LogP contribution in [0.25, 0.3) is 64.0 Å². The van der Waals surface area contributed by atoms with Crippen LogP contribution in [-0.4, -0.2) is 0 Å². The molecule has 2 aromatic heterocycles. The van der Waals surface area contributed by atoms with Crippen molar-refractivity contribution in [2.75, 3.05) is 4.90 Å². The lowest BCUT2D eigenvalue weighted by atomic mass is 9.92. The SMILES string of the molecule is c1ccc(N(c2ccccc2)c2cccc3oc4c5ccccc5c(-c5cccc6sc7ccccc7c56)cc4c23)cc1. The maximum atomic E-state index is 6.74. The summed E-state index contributed by atoms with van der Waals surface area (Å²) in [6.07, 6.45) is 0. The Morgan fingerprint density at radius 2 is 1.07 bits per heavy atom. The average molecular weight is 568 g/mol. The molecule has 0 N–H and O–H groups in total. The lowest BCUT2D eigenvalue weighted by Gasteiger charge is -2.26. The van der Waals surface area contributed by atoms with Crippen molar-refractivity contribution in [1.82, 2.24) is 0 Å². The molecule has 9 rings (SSSR count). The molecule has 0 spiro atoms. The van der Waals surface area contributed by atoms with E-state index in [1.807, 2.05) is 11.3 Å². The third kappa shape index (κ3) is 3.72. The molecule has 43 heavy (non-hydrogen) atoms. The van der Waals surface area contributed by atoms with E-state index in [9.17, 15) is 0 Å². The smallest absolute Gasteiger partial charge is 0.143 e. The molecule has 2 nitrogen and oxygen atoms in total. The molecule has 0 atom stereocenters. The number of furan rings is 1. The molecule has 9 aromatic rings. The quantitative estimate of drug-likeness (QED) is 0.210. The van der Waals surface area contributed by atoms with E-state index < -0.39 is 0 Å². The van der Waals surface area contributed by atoms with Gasteiger partial charge in [0.2, 0.25) is 0 Å². The Morgan fingerprint density at radius 1 is 0.442 bits per heavy atom. The van der Waals surface area contributed by atoms with Crippen molar-refractivity contribution >= 4 is 81.3 Å². The Hall–Kier alpha value is -5.38. The summed E-state index contributed by atoms with van der Waals surface area (Å²) in [5.41, 5.74) is 7.57. The van der Waals surface area contributed by atoms with Gasteiger partial charge in [-0.15, -0.1) is 11.3 Å². The fraction of sp³-hybridized carbons (Fsp3) is 0. The summed E-state index contributed by atoms with van der Waals surface area (Å²) in [4.78, 5) is 2.33. The van der Waals surface area contributed by atoms with Gasteiger partial charge in [0.15, 0.2) is 0 Å². The molecule has 0 unspecified atom stereocenters. The third-order valence-corrected chi connectivity index (χ3v) is 9.58. The number of rotatable bonds is 4. The minimum Gasteiger partial charge on any atom is -0.455 e. The summed E-state index contributed by atoms with van der Waals surface area (Å²) in [7, 11) is 0. The van der Waals surface area contributed by atoms with Gasteiger partial charge in [-0.1, -0.05) is 97.1 Å². The minimum absolute atomic E-state index is 0.880. The van der Waals surface area contributed by atoms with Gasteiger partial charge in [-0.2, -0.15) is 0 Å². The van der Waals surface area contributed by atoms with Crippen molar-refractivity contribution in [1.29, 1.82) is 0 Å². The molecule has 202 valence electrons. The maximum Gasteiger partial charge on any atom is 0.143 e. The highest BCUT2D eigenvalue weighted by Crippen LogP contribution is 2.48. The van der Waals surface area contributed by atoms with E-state index >= 15 is 0 Å². The minimum atomic E-state index is 0.880. The predicted octanol–water partition coefficient (Wildman–Crippen LogP) is 12.2. The molecule has 3 heteroatoms. The van der Waals surface area contributed by atoms with Crippen molar-refractivity contribution in [3.8, 4) is 11.1 Å². The van der Waals surface area contributed by atoms with E-state index in [0.717, 1.165) is 44.4 Å². The van der Waals surface area contributed by atoms with Crippen molar-refractivity contribution in [2.45, 2.75) is 0 Å². The highest BCUT2D eigenvalue weighted by atomic mass is 32.1. The van der Waals surface area contributed by atoms with Crippen LogP contribution < -0.4 is 4.90 Å². The summed E-state index contributed by atoms with van der Waals surface area (Å²) in [6, 6.07) is 54.0. The van der Waals surface area contributed by atoms with Crippen molar-refractivity contribution in [2.24, 2.45) is 0 Å². The Labute approximate surface area is 252 Å². The Bertz CT molecular complexity index is 2420. The van der Waals surface area contributed by atoms with E-state index in [1.165, 1.54) is 36.7 Å². The van der Waals surface area contributed by atoms with Crippen molar-refractivity contribution in [3.63, 3.8) is 0 Å². The monoisotopic (exact) mass is 567 g/mol. The fourth-order valence-corrected chi connectivity index (χ4v) is 7.75. The number of nitrogens with zero attached hydrogens (tertiary/aromatic N) is 1. The van der Waals surface area contributed by atoms with Gasteiger partial charge in [-0.25, -0.2) is 0 Å². The topological polar surface area (TPSA) is 16.4 Å². The van der Waals surface area contributed by atoms with Gasteiger partial charge in [-0.3, -0.25) is 0 Å². The third-order valence-electron chi connectivity index (χ3n) is 8.44. The number of anilines is 3. The zero-order chi connectivity index (χ0) is 28.3. The summed E-state index contributed by atoms with van der Waals surface area (Å²) in [5, 5.41) is 7.17. The van der Waals surface area contributed by atoms with Gasteiger partial charge in [-0.05, 0) is 71.1 Å². The Balaban J connectivity index is 1.41. The predicted molar refractivity (Wildman–Crippen MR) is 184 cm³/mol. The van der Waals surface area contributed by atoms with Crippen LogP contribution in [0, 0.1) is 0 Å². The summed E-state index contributed by atoms with van der Waals surface area (Å²) >= 11 is 1.86. The second kappa shape index (κ2) is 9.59. The molecule has 0 aliphatic heterocycles. The highest BCUT2D eigenvalue weighted by Gasteiger charge is 2.22. The number of fused-ring (bicyclic) bond motifs is 8. The largest absolute Gasteiger partial charge is 0.455 e. The molecule has 0 saturated heterocycles. The first kappa shape index (κ1) is 24.2. The van der Waals surface area contributed by atoms with E-state index in [0.29, 0.717) is 0 Å². The standard InChI is InChI=1S/C40H25NOS/c1-3-13-26(14-4-1)41(27-15-5-2-6-16-27)34-21-12-22-35-39(34)33-25-32(28-17-7-8-18-30(28)40(33)42-35)29-20-11-24-37-38(29)31-19-9-10-23-36(31)43-37/h1-25H. The number of thiophene rings is 1. The van der Waals surface area contributed by atoms with Gasteiger partial charge in [0.05, 0.1) is 11.1 Å². The zero-order valence-electron chi connectivity index (χ0n) is 23.2. The van der Waals surface area contributed by atoms with E-state index in [4.69, 9.17) is 4.42 Å². The van der Waals surface area contributed by atoms with Gasteiger partial charge in [0, 0.05) is 42.3 Å². The first-order chi connectivity index (χ1) is 21.3. The van der Waals surface area contributed by atoms with Gasteiger partial charge in [0.1, 0.15) is 11.2 Å². The van der Waals surface area contributed by atoms with E-state index in [2.05, 4.69) is 157 Å². The van der Waals surface area contributed by atoms with Crippen LogP contribution in [-0.2, 0) is 0 Å². The number of hydrogen-bond acceptors (Lipinski definition) is 3. The molecule has 0 bridgehead atoms. The van der Waals surface area contributed by atoms with Crippen molar-refractivity contribution < 1.29 is 4.42 Å². The second-order valence-corrected chi connectivity index (χ2v) is 12.0. The molecule has 0 fully saturated rings. The normalized spacial score (nSPS) is 11.7. The Morgan fingerprint density at radius 3 is 1.84 bits per heavy atom. The average Bonchev–Trinajstić information content (AvgIpc) is 3.65. The number of hydrogen-bond donors (Lipinski definition) is 0. The molecule has 0 amide bonds. The van der Waals surface area contributed by atoms with Crippen LogP contribution in [0.5, 0.6) is 0 Å². The van der Waals surface area contributed by atoms with Gasteiger partial charge < -0.3 is 9.32 Å². The van der Waals surface area contributed by atoms with Gasteiger partial charge >= 0.3 is 0 Å². The molecule has 7 aromatic carbocycles. The number of para-hydroxylation sites is 2. The lowest BCUT2D eigenvalue weighted by molar-refractivity contribution is 0.672. The first-order valence-corrected chi connectivity index (χ1v) is 15.3. The molecule has 0 saturated carbocycles. The molecular formula is C40H25NOS. The molecule has 0 aliphatic rings. The summed E-state index contributed by atoms with van der Waals surface area (Å²) < 4.78 is 9.36. The Kier molecular flexibility index (Phi) is 5.40. The molecular weight excluding hydrogens is 543 g/mol. The van der Waals surface area contributed by atoms with Crippen LogP contribution in [0.4, 0.5) is 17.1 Å². The molecule has 0 aliphatic carbocycles. The summed E-state index contributed by atoms with van der Waals surface area (Å²) in [5.74, 6) is 0. The maximum absolute atomic E-state index is 6.74. The van der Waals surface area contributed by atoms with E-state index in [1.54, 1.807) is 0 Å². The first-order valence-electron chi connectivity index (χ1n) is 14.5. The highest BCUT2D eigenvalue weighted by molar-refractivity contribution is 7.25. The lowest BCUT2D eigenvalue weighted by Crippen LogP contribution is -2.09. The molecule has 2 heterocycles. The van der Waals surface area contributed by atoms with Crippen LogP contribution >= 0.6 is 11.3 Å². The van der Waals surface area contributed by atoms with Gasteiger partial charge in [0.25, 0.3) is 0 Å². The van der Waals surface area contributed by atoms with Crippen LogP contribution in [0.1, 0.15) is 0 Å².